The molecule has 2 heterocycles. The van der Waals surface area contributed by atoms with E-state index in [2.05, 4.69) is 5.10 Å². The molecule has 0 bridgehead atoms. The maximum atomic E-state index is 12.9. The molecule has 3 aromatic rings. The fraction of sp³-hybridized carbons (Fsp3) is 0.182. The van der Waals surface area contributed by atoms with Crippen molar-refractivity contribution in [2.24, 2.45) is 5.10 Å². The van der Waals surface area contributed by atoms with E-state index in [1.54, 1.807) is 11.3 Å². The third-order valence-electron chi connectivity index (χ3n) is 4.61. The Morgan fingerprint density at radius 1 is 1.00 bits per heavy atom. The summed E-state index contributed by atoms with van der Waals surface area (Å²) in [5, 5.41) is 6.25. The molecule has 4 rings (SSSR count). The highest BCUT2D eigenvalue weighted by atomic mass is 16.3. The van der Waals surface area contributed by atoms with Gasteiger partial charge in [0.15, 0.2) is 0 Å². The van der Waals surface area contributed by atoms with Gasteiger partial charge in [-0.2, -0.15) is 5.10 Å². The predicted molar refractivity (Wildman–Crippen MR) is 101 cm³/mol. The first-order valence-corrected chi connectivity index (χ1v) is 8.83. The summed E-state index contributed by atoms with van der Waals surface area (Å²) in [5.74, 6) is 0.786. The monoisotopic (exact) mass is 344 g/mol. The molecule has 1 atom stereocenters. The van der Waals surface area contributed by atoms with Crippen LogP contribution in [0.3, 0.4) is 0 Å². The van der Waals surface area contributed by atoms with Crippen LogP contribution in [0.15, 0.2) is 88.6 Å². The van der Waals surface area contributed by atoms with Crippen LogP contribution in [-0.4, -0.2) is 16.6 Å². The van der Waals surface area contributed by atoms with Crippen LogP contribution in [0, 0.1) is 0 Å². The van der Waals surface area contributed by atoms with Crippen LogP contribution in [0.25, 0.3) is 0 Å². The summed E-state index contributed by atoms with van der Waals surface area (Å²) in [5.41, 5.74) is 3.12. The molecule has 4 nitrogen and oxygen atoms in total. The molecular weight excluding hydrogens is 324 g/mol. The number of carbonyl (C=O) groups excluding carboxylic acids is 1. The van der Waals surface area contributed by atoms with Crippen molar-refractivity contribution >= 4 is 11.6 Å². The fourth-order valence-electron chi connectivity index (χ4n) is 3.26. The van der Waals surface area contributed by atoms with Crippen LogP contribution >= 0.6 is 0 Å². The second-order valence-electron chi connectivity index (χ2n) is 6.37. The number of hydrogen-bond donors (Lipinski definition) is 0. The number of benzene rings is 2. The SMILES string of the molecule is O=C(CCc1ccccc1)N1N=C(c2ccccc2)C[C@H]1c1ccco1. The molecule has 1 amide bonds. The lowest BCUT2D eigenvalue weighted by Gasteiger charge is -2.19. The first kappa shape index (κ1) is 16.3. The van der Waals surface area contributed by atoms with Gasteiger partial charge in [0.1, 0.15) is 11.8 Å². The summed E-state index contributed by atoms with van der Waals surface area (Å²) in [4.78, 5) is 12.9. The van der Waals surface area contributed by atoms with Crippen molar-refractivity contribution in [3.8, 4) is 0 Å². The van der Waals surface area contributed by atoms with E-state index >= 15 is 0 Å². The van der Waals surface area contributed by atoms with Gasteiger partial charge >= 0.3 is 0 Å². The average molecular weight is 344 g/mol. The number of amides is 1. The number of furan rings is 1. The third-order valence-corrected chi connectivity index (χ3v) is 4.61. The van der Waals surface area contributed by atoms with Crippen LogP contribution in [0.1, 0.15) is 35.8 Å². The summed E-state index contributed by atoms with van der Waals surface area (Å²) >= 11 is 0. The molecule has 0 aliphatic carbocycles. The minimum Gasteiger partial charge on any atom is -0.467 e. The Labute approximate surface area is 152 Å². The number of hydrazone groups is 1. The Kier molecular flexibility index (Phi) is 4.65. The van der Waals surface area contributed by atoms with Gasteiger partial charge in [-0.25, -0.2) is 5.01 Å². The second-order valence-corrected chi connectivity index (χ2v) is 6.37. The molecular formula is C22H20N2O2. The number of carbonyl (C=O) groups is 1. The van der Waals surface area contributed by atoms with Gasteiger partial charge in [-0.1, -0.05) is 60.7 Å². The number of rotatable bonds is 5. The Bertz CT molecular complexity index is 886. The summed E-state index contributed by atoms with van der Waals surface area (Å²) in [6.07, 6.45) is 3.43. The van der Waals surface area contributed by atoms with Crippen molar-refractivity contribution in [1.29, 1.82) is 0 Å². The van der Waals surface area contributed by atoms with Gasteiger partial charge < -0.3 is 4.42 Å². The van der Waals surface area contributed by atoms with Gasteiger partial charge in [0.2, 0.25) is 5.91 Å². The van der Waals surface area contributed by atoms with Crippen LogP contribution in [0.2, 0.25) is 0 Å². The molecule has 2 aromatic carbocycles. The van der Waals surface area contributed by atoms with Gasteiger partial charge in [0.25, 0.3) is 0 Å². The number of aryl methyl sites for hydroxylation is 1. The molecule has 1 aromatic heterocycles. The maximum absolute atomic E-state index is 12.9. The zero-order chi connectivity index (χ0) is 17.8. The lowest BCUT2D eigenvalue weighted by atomic mass is 10.0. The van der Waals surface area contributed by atoms with Crippen LogP contribution in [-0.2, 0) is 11.2 Å². The lowest BCUT2D eigenvalue weighted by Crippen LogP contribution is -2.27. The van der Waals surface area contributed by atoms with Gasteiger partial charge in [-0.3, -0.25) is 4.79 Å². The smallest absolute Gasteiger partial charge is 0.243 e. The Hall–Kier alpha value is -3.14. The van der Waals surface area contributed by atoms with E-state index in [0.717, 1.165) is 22.6 Å². The Balaban J connectivity index is 1.55. The molecule has 0 N–H and O–H groups in total. The normalized spacial score (nSPS) is 16.5. The van der Waals surface area contributed by atoms with E-state index in [0.29, 0.717) is 19.3 Å². The van der Waals surface area contributed by atoms with Crippen LogP contribution in [0.5, 0.6) is 0 Å². The predicted octanol–water partition coefficient (Wildman–Crippen LogP) is 4.59. The van der Waals surface area contributed by atoms with Crippen molar-refractivity contribution in [2.45, 2.75) is 25.3 Å². The second kappa shape index (κ2) is 7.40. The van der Waals surface area contributed by atoms with Crippen molar-refractivity contribution < 1.29 is 9.21 Å². The van der Waals surface area contributed by atoms with E-state index in [-0.39, 0.29) is 11.9 Å². The van der Waals surface area contributed by atoms with Crippen molar-refractivity contribution in [3.63, 3.8) is 0 Å². The highest BCUT2D eigenvalue weighted by Gasteiger charge is 2.34. The molecule has 130 valence electrons. The molecule has 1 aliphatic rings. The molecule has 1 aliphatic heterocycles. The molecule has 26 heavy (non-hydrogen) atoms. The lowest BCUT2D eigenvalue weighted by molar-refractivity contribution is -0.133. The topological polar surface area (TPSA) is 45.8 Å². The minimum absolute atomic E-state index is 0.0150. The molecule has 0 saturated heterocycles. The van der Waals surface area contributed by atoms with Crippen molar-refractivity contribution in [2.75, 3.05) is 0 Å². The van der Waals surface area contributed by atoms with Gasteiger partial charge in [-0.15, -0.1) is 0 Å². The standard InChI is InChI=1S/C22H20N2O2/c25-22(14-13-17-8-3-1-4-9-17)24-20(21-12-7-15-26-21)16-19(23-24)18-10-5-2-6-11-18/h1-12,15,20H,13-14,16H2/t20-/m0/s1. The first-order chi connectivity index (χ1) is 12.8. The highest BCUT2D eigenvalue weighted by molar-refractivity contribution is 6.03. The summed E-state index contributed by atoms with van der Waals surface area (Å²) in [7, 11) is 0. The first-order valence-electron chi connectivity index (χ1n) is 8.83. The molecule has 0 unspecified atom stereocenters. The zero-order valence-electron chi connectivity index (χ0n) is 14.4. The highest BCUT2D eigenvalue weighted by Crippen LogP contribution is 2.33. The number of nitrogens with zero attached hydrogens (tertiary/aromatic N) is 2. The minimum atomic E-state index is -0.177. The van der Waals surface area contributed by atoms with Gasteiger partial charge in [-0.05, 0) is 29.7 Å². The summed E-state index contributed by atoms with van der Waals surface area (Å²) in [6.45, 7) is 0. The average Bonchev–Trinajstić information content (AvgIpc) is 3.37. The molecule has 0 fully saturated rings. The number of hydrogen-bond acceptors (Lipinski definition) is 3. The quantitative estimate of drug-likeness (QED) is 0.679. The summed E-state index contributed by atoms with van der Waals surface area (Å²) < 4.78 is 5.58. The third kappa shape index (κ3) is 3.45. The van der Waals surface area contributed by atoms with E-state index in [4.69, 9.17) is 4.42 Å². The zero-order valence-corrected chi connectivity index (χ0v) is 14.4. The maximum Gasteiger partial charge on any atom is 0.243 e. The largest absolute Gasteiger partial charge is 0.467 e. The van der Waals surface area contributed by atoms with Crippen molar-refractivity contribution in [3.05, 3.63) is 95.9 Å². The van der Waals surface area contributed by atoms with E-state index in [1.807, 2.05) is 72.8 Å². The van der Waals surface area contributed by atoms with Crippen molar-refractivity contribution in [1.82, 2.24) is 5.01 Å². The molecule has 0 spiro atoms. The van der Waals surface area contributed by atoms with E-state index in [1.165, 1.54) is 0 Å². The van der Waals surface area contributed by atoms with E-state index < -0.39 is 0 Å². The fourth-order valence-corrected chi connectivity index (χ4v) is 3.26. The molecule has 0 saturated carbocycles. The summed E-state index contributed by atoms with van der Waals surface area (Å²) in [6, 6.07) is 23.6. The molecule has 4 heteroatoms. The Morgan fingerprint density at radius 2 is 1.73 bits per heavy atom. The molecule has 0 radical (unpaired) electrons. The Morgan fingerprint density at radius 3 is 2.42 bits per heavy atom. The van der Waals surface area contributed by atoms with Gasteiger partial charge in [0.05, 0.1) is 12.0 Å². The van der Waals surface area contributed by atoms with Crippen LogP contribution in [0.4, 0.5) is 0 Å². The van der Waals surface area contributed by atoms with Crippen LogP contribution < -0.4 is 0 Å². The van der Waals surface area contributed by atoms with Gasteiger partial charge in [0, 0.05) is 12.8 Å². The van der Waals surface area contributed by atoms with E-state index in [9.17, 15) is 4.79 Å².